The van der Waals surface area contributed by atoms with E-state index < -0.39 is 29.3 Å². The summed E-state index contributed by atoms with van der Waals surface area (Å²) >= 11 is 0. The lowest BCUT2D eigenvalue weighted by Gasteiger charge is -2.24. The van der Waals surface area contributed by atoms with E-state index in [1.807, 2.05) is 6.07 Å². The van der Waals surface area contributed by atoms with E-state index in [1.54, 1.807) is 61.7 Å². The van der Waals surface area contributed by atoms with Gasteiger partial charge in [0, 0.05) is 37.2 Å². The lowest BCUT2D eigenvalue weighted by atomic mass is 9.97. The van der Waals surface area contributed by atoms with Gasteiger partial charge in [-0.05, 0) is 66.1 Å². The molecule has 0 bridgehead atoms. The SMILES string of the molecule is COc1ccc(NC(=O)N2C[C@H](OC)C[C@@H]2C(=O)Nc2cc(C3CC3(N)c3cccc(C#N)c3)ccc2F)cc1. The van der Waals surface area contributed by atoms with Crippen molar-refractivity contribution < 1.29 is 23.5 Å². The number of hydrogen-bond acceptors (Lipinski definition) is 6. The number of nitriles is 1. The van der Waals surface area contributed by atoms with Gasteiger partial charge in [0.15, 0.2) is 0 Å². The highest BCUT2D eigenvalue weighted by molar-refractivity contribution is 6.00. The second-order valence-electron chi connectivity index (χ2n) is 10.1. The fourth-order valence-electron chi connectivity index (χ4n) is 5.27. The first kappa shape index (κ1) is 27.1. The highest BCUT2D eigenvalue weighted by Gasteiger charge is 2.53. The maximum Gasteiger partial charge on any atom is 0.322 e. The summed E-state index contributed by atoms with van der Waals surface area (Å²) in [7, 11) is 3.07. The van der Waals surface area contributed by atoms with Crippen LogP contribution >= 0.6 is 0 Å². The van der Waals surface area contributed by atoms with Gasteiger partial charge in [-0.25, -0.2) is 9.18 Å². The van der Waals surface area contributed by atoms with Crippen LogP contribution in [0.2, 0.25) is 0 Å². The molecule has 1 saturated heterocycles. The minimum absolute atomic E-state index is 0.0129. The van der Waals surface area contributed by atoms with E-state index in [0.29, 0.717) is 23.4 Å². The average molecular weight is 544 g/mol. The monoisotopic (exact) mass is 543 g/mol. The molecular weight excluding hydrogens is 513 g/mol. The molecule has 2 fully saturated rings. The third-order valence-corrected chi connectivity index (χ3v) is 7.68. The normalized spacial score (nSPS) is 23.3. The third-order valence-electron chi connectivity index (χ3n) is 7.68. The number of nitrogens with zero attached hydrogens (tertiary/aromatic N) is 2. The molecule has 206 valence electrons. The summed E-state index contributed by atoms with van der Waals surface area (Å²) in [4.78, 5) is 27.9. The number of carbonyl (C=O) groups excluding carboxylic acids is 2. The minimum atomic E-state index is -0.866. The first-order chi connectivity index (χ1) is 19.2. The van der Waals surface area contributed by atoms with E-state index in [2.05, 4.69) is 16.7 Å². The Morgan fingerprint density at radius 3 is 2.58 bits per heavy atom. The first-order valence-corrected chi connectivity index (χ1v) is 12.9. The molecule has 4 atom stereocenters. The Hall–Kier alpha value is -4.46. The number of carbonyl (C=O) groups is 2. The second kappa shape index (κ2) is 11.0. The van der Waals surface area contributed by atoms with Crippen molar-refractivity contribution in [1.29, 1.82) is 5.26 Å². The van der Waals surface area contributed by atoms with Crippen LogP contribution in [0.4, 0.5) is 20.6 Å². The Kier molecular flexibility index (Phi) is 7.43. The van der Waals surface area contributed by atoms with Crippen molar-refractivity contribution in [3.63, 3.8) is 0 Å². The summed E-state index contributed by atoms with van der Waals surface area (Å²) in [6.07, 6.45) is 0.545. The number of nitrogens with one attached hydrogen (secondary N) is 2. The Morgan fingerprint density at radius 1 is 1.10 bits per heavy atom. The van der Waals surface area contributed by atoms with Gasteiger partial charge in [-0.15, -0.1) is 0 Å². The number of anilines is 2. The molecule has 0 spiro atoms. The lowest BCUT2D eigenvalue weighted by Crippen LogP contribution is -2.45. The van der Waals surface area contributed by atoms with Crippen molar-refractivity contribution in [3.8, 4) is 11.8 Å². The molecule has 2 unspecified atom stereocenters. The number of hydrogen-bond donors (Lipinski definition) is 3. The molecule has 40 heavy (non-hydrogen) atoms. The first-order valence-electron chi connectivity index (χ1n) is 12.9. The summed E-state index contributed by atoms with van der Waals surface area (Å²) < 4.78 is 25.4. The molecule has 1 aliphatic carbocycles. The van der Waals surface area contributed by atoms with E-state index in [4.69, 9.17) is 15.2 Å². The van der Waals surface area contributed by atoms with Gasteiger partial charge in [0.1, 0.15) is 17.6 Å². The Bertz CT molecular complexity index is 1470. The molecule has 1 saturated carbocycles. The summed E-state index contributed by atoms with van der Waals surface area (Å²) in [5.74, 6) is -0.568. The summed E-state index contributed by atoms with van der Waals surface area (Å²) in [6.45, 7) is 0.207. The van der Waals surface area contributed by atoms with Crippen LogP contribution in [-0.2, 0) is 15.1 Å². The van der Waals surface area contributed by atoms with Crippen molar-refractivity contribution in [2.24, 2.45) is 5.73 Å². The number of urea groups is 1. The van der Waals surface area contributed by atoms with Crippen molar-refractivity contribution >= 4 is 23.3 Å². The van der Waals surface area contributed by atoms with Crippen molar-refractivity contribution in [1.82, 2.24) is 4.90 Å². The zero-order valence-electron chi connectivity index (χ0n) is 22.2. The Balaban J connectivity index is 1.31. The molecule has 2 aliphatic rings. The minimum Gasteiger partial charge on any atom is -0.497 e. The standard InChI is InChI=1S/C30H30FN5O4/c1-39-22-9-7-21(8-10-22)34-29(38)36-17-23(40-2)14-27(36)28(37)35-26-13-19(6-11-25(26)31)24-15-30(24,33)20-5-3-4-18(12-20)16-32/h3-13,23-24,27H,14-15,17,33H2,1-2H3,(H,34,38)(H,35,37)/t23-,24?,27-,30?/m1/s1. The zero-order chi connectivity index (χ0) is 28.4. The smallest absolute Gasteiger partial charge is 0.322 e. The zero-order valence-corrected chi connectivity index (χ0v) is 22.2. The lowest BCUT2D eigenvalue weighted by molar-refractivity contribution is -0.119. The fourth-order valence-corrected chi connectivity index (χ4v) is 5.27. The van der Waals surface area contributed by atoms with Crippen molar-refractivity contribution in [2.45, 2.75) is 36.4 Å². The van der Waals surface area contributed by atoms with Crippen LogP contribution in [0.15, 0.2) is 66.7 Å². The number of nitrogens with two attached hydrogens (primary N) is 1. The van der Waals surface area contributed by atoms with Crippen LogP contribution < -0.4 is 21.1 Å². The van der Waals surface area contributed by atoms with Gasteiger partial charge in [0.2, 0.25) is 5.91 Å². The van der Waals surface area contributed by atoms with Crippen LogP contribution in [0.5, 0.6) is 5.75 Å². The average Bonchev–Trinajstić information content (AvgIpc) is 3.47. The van der Waals surface area contributed by atoms with Gasteiger partial charge in [-0.3, -0.25) is 4.79 Å². The Labute approximate surface area is 231 Å². The van der Waals surface area contributed by atoms with Gasteiger partial charge < -0.3 is 30.7 Å². The van der Waals surface area contributed by atoms with E-state index in [0.717, 1.165) is 11.1 Å². The van der Waals surface area contributed by atoms with Gasteiger partial charge >= 0.3 is 6.03 Å². The number of methoxy groups -OCH3 is 2. The predicted octanol–water partition coefficient (Wildman–Crippen LogP) is 4.31. The van der Waals surface area contributed by atoms with E-state index in [1.165, 1.54) is 18.1 Å². The molecule has 3 amide bonds. The maximum absolute atomic E-state index is 14.9. The third kappa shape index (κ3) is 5.34. The second-order valence-corrected chi connectivity index (χ2v) is 10.1. The largest absolute Gasteiger partial charge is 0.497 e. The number of halogens is 1. The van der Waals surface area contributed by atoms with E-state index in [9.17, 15) is 19.2 Å². The molecule has 9 nitrogen and oxygen atoms in total. The van der Waals surface area contributed by atoms with Crippen LogP contribution in [0, 0.1) is 17.1 Å². The molecule has 1 aliphatic heterocycles. The molecule has 0 aromatic heterocycles. The highest BCUT2D eigenvalue weighted by Crippen LogP contribution is 2.56. The summed E-state index contributed by atoms with van der Waals surface area (Å²) in [5.41, 5.74) is 8.66. The molecule has 5 rings (SSSR count). The van der Waals surface area contributed by atoms with Crippen LogP contribution in [0.3, 0.4) is 0 Å². The van der Waals surface area contributed by atoms with Crippen molar-refractivity contribution in [2.75, 3.05) is 31.4 Å². The van der Waals surface area contributed by atoms with E-state index >= 15 is 0 Å². The van der Waals surface area contributed by atoms with Gasteiger partial charge in [-0.2, -0.15) is 5.26 Å². The molecule has 1 heterocycles. The topological polar surface area (TPSA) is 130 Å². The van der Waals surface area contributed by atoms with E-state index in [-0.39, 0.29) is 30.7 Å². The summed E-state index contributed by atoms with van der Waals surface area (Å²) in [5, 5.41) is 14.7. The molecule has 10 heteroatoms. The maximum atomic E-state index is 14.9. The molecule has 0 radical (unpaired) electrons. The Morgan fingerprint density at radius 2 is 1.88 bits per heavy atom. The van der Waals surface area contributed by atoms with Crippen LogP contribution in [-0.4, -0.2) is 49.7 Å². The number of rotatable bonds is 7. The van der Waals surface area contributed by atoms with Crippen LogP contribution in [0.1, 0.15) is 35.4 Å². The number of likely N-dealkylation sites (tertiary alicyclic amines) is 1. The predicted molar refractivity (Wildman–Crippen MR) is 147 cm³/mol. The van der Waals surface area contributed by atoms with Gasteiger partial charge in [0.05, 0.1) is 30.5 Å². The van der Waals surface area contributed by atoms with Gasteiger partial charge in [0.25, 0.3) is 0 Å². The number of ether oxygens (including phenoxy) is 2. The molecule has 4 N–H and O–H groups in total. The molecule has 3 aromatic rings. The molecular formula is C30H30FN5O4. The van der Waals surface area contributed by atoms with Gasteiger partial charge in [-0.1, -0.05) is 18.2 Å². The quantitative estimate of drug-likeness (QED) is 0.407. The summed E-state index contributed by atoms with van der Waals surface area (Å²) in [6, 6.07) is 19.3. The van der Waals surface area contributed by atoms with Crippen molar-refractivity contribution in [3.05, 3.63) is 89.2 Å². The highest BCUT2D eigenvalue weighted by atomic mass is 19.1. The number of benzene rings is 3. The van der Waals surface area contributed by atoms with Crippen LogP contribution in [0.25, 0.3) is 0 Å². The number of amides is 3. The molecule has 3 aromatic carbocycles. The fraction of sp³-hybridized carbons (Fsp3) is 0.300.